The predicted molar refractivity (Wildman–Crippen MR) is 89.4 cm³/mol. The molecule has 0 aliphatic rings. The van der Waals surface area contributed by atoms with Crippen LogP contribution in [0.3, 0.4) is 0 Å². The van der Waals surface area contributed by atoms with Gasteiger partial charge in [0.1, 0.15) is 0 Å². The fourth-order valence-electron chi connectivity index (χ4n) is 1.93. The van der Waals surface area contributed by atoms with E-state index in [4.69, 9.17) is 0 Å². The maximum absolute atomic E-state index is 11.9. The lowest BCUT2D eigenvalue weighted by Crippen LogP contribution is -2.15. The number of Topliss-reactive ketones (excluding diaryl/α,β-unsaturated/α-hetero) is 1. The van der Waals surface area contributed by atoms with Crippen LogP contribution in [0.5, 0.6) is 0 Å². The first-order valence-electron chi connectivity index (χ1n) is 7.22. The van der Waals surface area contributed by atoms with E-state index in [0.29, 0.717) is 22.8 Å². The molecule has 7 nitrogen and oxygen atoms in total. The van der Waals surface area contributed by atoms with Crippen molar-refractivity contribution >= 4 is 29.1 Å². The highest BCUT2D eigenvalue weighted by molar-refractivity contribution is 7.99. The summed E-state index contributed by atoms with van der Waals surface area (Å²) in [5.74, 6) is 1.53. The number of hydrogen-bond donors (Lipinski definition) is 1. The molecule has 0 saturated heterocycles. The molecule has 23 heavy (non-hydrogen) atoms. The van der Waals surface area contributed by atoms with Crippen molar-refractivity contribution in [1.29, 1.82) is 0 Å². The van der Waals surface area contributed by atoms with Crippen LogP contribution in [-0.4, -0.2) is 37.7 Å². The third kappa shape index (κ3) is 4.88. The molecule has 0 bridgehead atoms. The summed E-state index contributed by atoms with van der Waals surface area (Å²) < 4.78 is 1.74. The van der Waals surface area contributed by atoms with Crippen LogP contribution in [0.15, 0.2) is 24.3 Å². The lowest BCUT2D eigenvalue weighted by atomic mass is 10.1. The Balaban J connectivity index is 1.81. The van der Waals surface area contributed by atoms with Crippen LogP contribution in [0, 0.1) is 0 Å². The smallest absolute Gasteiger partial charge is 0.234 e. The Hall–Kier alpha value is -2.22. The molecule has 0 aliphatic heterocycles. The third-order valence-corrected chi connectivity index (χ3v) is 4.02. The summed E-state index contributed by atoms with van der Waals surface area (Å²) in [4.78, 5) is 23.1. The molecule has 0 aliphatic carbocycles. The lowest BCUT2D eigenvalue weighted by molar-refractivity contribution is -0.113. The Kier molecular flexibility index (Phi) is 5.86. The number of anilines is 1. The van der Waals surface area contributed by atoms with Gasteiger partial charge >= 0.3 is 0 Å². The van der Waals surface area contributed by atoms with Gasteiger partial charge in [-0.2, -0.15) is 0 Å². The second-order valence-electron chi connectivity index (χ2n) is 5.31. The Morgan fingerprint density at radius 3 is 2.57 bits per heavy atom. The van der Waals surface area contributed by atoms with Crippen molar-refractivity contribution in [1.82, 2.24) is 20.2 Å². The first-order valence-corrected chi connectivity index (χ1v) is 8.38. The van der Waals surface area contributed by atoms with E-state index in [1.165, 1.54) is 18.7 Å². The van der Waals surface area contributed by atoms with E-state index in [1.54, 1.807) is 28.9 Å². The van der Waals surface area contributed by atoms with Gasteiger partial charge in [0.25, 0.3) is 0 Å². The van der Waals surface area contributed by atoms with Crippen molar-refractivity contribution in [2.24, 2.45) is 0 Å². The predicted octanol–water partition coefficient (Wildman–Crippen LogP) is 2.33. The van der Waals surface area contributed by atoms with Gasteiger partial charge in [-0.05, 0) is 55.5 Å². The van der Waals surface area contributed by atoms with E-state index in [0.717, 1.165) is 5.82 Å². The van der Waals surface area contributed by atoms with Crippen molar-refractivity contribution in [3.8, 4) is 0 Å². The number of aromatic nitrogens is 4. The van der Waals surface area contributed by atoms with Crippen molar-refractivity contribution in [2.75, 3.05) is 11.1 Å². The molecule has 0 saturated carbocycles. The van der Waals surface area contributed by atoms with Crippen molar-refractivity contribution in [3.05, 3.63) is 35.7 Å². The molecule has 122 valence electrons. The Morgan fingerprint density at radius 2 is 1.96 bits per heavy atom. The standard InChI is InChI=1S/C15H19N5O2S/c1-10(2)20-14(17-18-19-20)8-23-9-15(22)16-13-6-4-12(5-7-13)11(3)21/h4-7,10H,8-9H2,1-3H3,(H,16,22). The van der Waals surface area contributed by atoms with Gasteiger partial charge in [-0.15, -0.1) is 16.9 Å². The molecule has 1 amide bonds. The highest BCUT2D eigenvalue weighted by atomic mass is 32.2. The normalized spacial score (nSPS) is 10.8. The molecule has 8 heteroatoms. The summed E-state index contributed by atoms with van der Waals surface area (Å²) >= 11 is 1.45. The van der Waals surface area contributed by atoms with Gasteiger partial charge in [-0.1, -0.05) is 0 Å². The van der Waals surface area contributed by atoms with E-state index >= 15 is 0 Å². The van der Waals surface area contributed by atoms with Crippen LogP contribution < -0.4 is 5.32 Å². The Bertz CT molecular complexity index is 681. The zero-order chi connectivity index (χ0) is 16.8. The monoisotopic (exact) mass is 333 g/mol. The summed E-state index contributed by atoms with van der Waals surface area (Å²) in [6, 6.07) is 7.02. The van der Waals surface area contributed by atoms with E-state index in [-0.39, 0.29) is 17.7 Å². The summed E-state index contributed by atoms with van der Waals surface area (Å²) in [5, 5.41) is 14.3. The van der Waals surface area contributed by atoms with Crippen molar-refractivity contribution < 1.29 is 9.59 Å². The molecular weight excluding hydrogens is 314 g/mol. The van der Waals surface area contributed by atoms with Gasteiger partial charge < -0.3 is 5.32 Å². The van der Waals surface area contributed by atoms with Crippen LogP contribution in [-0.2, 0) is 10.5 Å². The van der Waals surface area contributed by atoms with Crippen LogP contribution >= 0.6 is 11.8 Å². The number of tetrazole rings is 1. The fraction of sp³-hybridized carbons (Fsp3) is 0.400. The van der Waals surface area contributed by atoms with Gasteiger partial charge in [0.15, 0.2) is 11.6 Å². The number of amides is 1. The molecule has 1 N–H and O–H groups in total. The summed E-state index contributed by atoms with van der Waals surface area (Å²) in [7, 11) is 0. The largest absolute Gasteiger partial charge is 0.325 e. The molecule has 1 aromatic carbocycles. The minimum atomic E-state index is -0.103. The number of carbonyl (C=O) groups excluding carboxylic acids is 2. The zero-order valence-electron chi connectivity index (χ0n) is 13.3. The Labute approximate surface area is 138 Å². The number of carbonyl (C=O) groups is 2. The quantitative estimate of drug-likeness (QED) is 0.782. The molecule has 1 aromatic heterocycles. The molecule has 0 spiro atoms. The third-order valence-electron chi connectivity index (χ3n) is 3.09. The van der Waals surface area contributed by atoms with Crippen LogP contribution in [0.4, 0.5) is 5.69 Å². The molecule has 0 unspecified atom stereocenters. The SMILES string of the molecule is CC(=O)c1ccc(NC(=O)CSCc2nnnn2C(C)C)cc1. The second-order valence-corrected chi connectivity index (χ2v) is 6.29. The molecule has 0 fully saturated rings. The number of nitrogens with one attached hydrogen (secondary N) is 1. The van der Waals surface area contributed by atoms with Gasteiger partial charge in [-0.25, -0.2) is 4.68 Å². The van der Waals surface area contributed by atoms with Gasteiger partial charge in [0.05, 0.1) is 17.5 Å². The molecule has 0 atom stereocenters. The summed E-state index contributed by atoms with van der Waals surface area (Å²) in [6.07, 6.45) is 0. The maximum atomic E-state index is 11.9. The number of nitrogens with zero attached hydrogens (tertiary/aromatic N) is 4. The average Bonchev–Trinajstić information content (AvgIpc) is 2.96. The minimum absolute atomic E-state index is 0.00121. The molecule has 1 heterocycles. The molecule has 2 aromatic rings. The average molecular weight is 333 g/mol. The van der Waals surface area contributed by atoms with Crippen LogP contribution in [0.1, 0.15) is 43.0 Å². The number of benzene rings is 1. The summed E-state index contributed by atoms with van der Waals surface area (Å²) in [6.45, 7) is 5.51. The van der Waals surface area contributed by atoms with Gasteiger partial charge in [0, 0.05) is 11.3 Å². The van der Waals surface area contributed by atoms with Crippen LogP contribution in [0.25, 0.3) is 0 Å². The van der Waals surface area contributed by atoms with Crippen molar-refractivity contribution in [2.45, 2.75) is 32.6 Å². The number of rotatable bonds is 7. The van der Waals surface area contributed by atoms with Gasteiger partial charge in [-0.3, -0.25) is 9.59 Å². The first-order chi connectivity index (χ1) is 11.0. The first kappa shape index (κ1) is 17.1. The lowest BCUT2D eigenvalue weighted by Gasteiger charge is -2.08. The van der Waals surface area contributed by atoms with Gasteiger partial charge in [0.2, 0.25) is 5.91 Å². The van der Waals surface area contributed by atoms with E-state index in [9.17, 15) is 9.59 Å². The fourth-order valence-corrected chi connectivity index (χ4v) is 2.66. The van der Waals surface area contributed by atoms with Crippen molar-refractivity contribution in [3.63, 3.8) is 0 Å². The Morgan fingerprint density at radius 1 is 1.26 bits per heavy atom. The number of ketones is 1. The van der Waals surface area contributed by atoms with E-state index in [1.807, 2.05) is 13.8 Å². The highest BCUT2D eigenvalue weighted by Crippen LogP contribution is 2.14. The zero-order valence-corrected chi connectivity index (χ0v) is 14.1. The summed E-state index contributed by atoms with van der Waals surface area (Å²) in [5.41, 5.74) is 1.30. The van der Waals surface area contributed by atoms with E-state index in [2.05, 4.69) is 20.8 Å². The molecule has 0 radical (unpaired) electrons. The minimum Gasteiger partial charge on any atom is -0.325 e. The maximum Gasteiger partial charge on any atom is 0.234 e. The molecule has 2 rings (SSSR count). The highest BCUT2D eigenvalue weighted by Gasteiger charge is 2.10. The van der Waals surface area contributed by atoms with Crippen LogP contribution in [0.2, 0.25) is 0 Å². The van der Waals surface area contributed by atoms with E-state index < -0.39 is 0 Å². The second kappa shape index (κ2) is 7.87. The number of hydrogen-bond acceptors (Lipinski definition) is 6. The molecular formula is C15H19N5O2S. The topological polar surface area (TPSA) is 89.8 Å². The number of thioether (sulfide) groups is 1.